The summed E-state index contributed by atoms with van der Waals surface area (Å²) < 4.78 is 48.4. The van der Waals surface area contributed by atoms with Crippen LogP contribution in [0, 0.1) is 11.2 Å². The van der Waals surface area contributed by atoms with E-state index in [0.29, 0.717) is 37.2 Å². The maximum atomic E-state index is 13.9. The summed E-state index contributed by atoms with van der Waals surface area (Å²) in [6.07, 6.45) is 0.871. The largest absolute Gasteiger partial charge is 0.768 e. The summed E-state index contributed by atoms with van der Waals surface area (Å²) in [7, 11) is 0. The number of fused-ring (bicyclic) bond motifs is 2. The lowest BCUT2D eigenvalue weighted by Crippen LogP contribution is -2.44. The Morgan fingerprint density at radius 1 is 1.30 bits per heavy atom. The first-order valence-corrected chi connectivity index (χ1v) is 7.61. The Labute approximate surface area is 119 Å². The minimum Gasteiger partial charge on any atom is -0.768 e. The van der Waals surface area contributed by atoms with Crippen LogP contribution in [0.15, 0.2) is 17.0 Å². The molecule has 4 nitrogen and oxygen atoms in total. The van der Waals surface area contributed by atoms with Crippen molar-refractivity contribution in [1.29, 1.82) is 0 Å². The third kappa shape index (κ3) is 2.11. The molecule has 0 radical (unpaired) electrons. The zero-order chi connectivity index (χ0) is 14.5. The monoisotopic (exact) mass is 299 g/mol. The summed E-state index contributed by atoms with van der Waals surface area (Å²) in [4.78, 5) is 0.0682. The first-order valence-electron chi connectivity index (χ1n) is 6.54. The first-order chi connectivity index (χ1) is 9.35. The van der Waals surface area contributed by atoms with Gasteiger partial charge in [-0.2, -0.15) is 0 Å². The SMILES string of the molecule is CC1(C)COC2(CCc3c(F)ccc(S(=O)[O-])c32)OC1. The van der Waals surface area contributed by atoms with Crippen LogP contribution in [0.1, 0.15) is 31.4 Å². The van der Waals surface area contributed by atoms with Gasteiger partial charge in [0, 0.05) is 22.3 Å². The summed E-state index contributed by atoms with van der Waals surface area (Å²) in [5.74, 6) is -1.51. The van der Waals surface area contributed by atoms with Gasteiger partial charge in [-0.15, -0.1) is 0 Å². The Hall–Kier alpha value is -0.820. The van der Waals surface area contributed by atoms with Gasteiger partial charge < -0.3 is 14.0 Å². The molecule has 0 bridgehead atoms. The summed E-state index contributed by atoms with van der Waals surface area (Å²) in [5, 5.41) is 0. The van der Waals surface area contributed by atoms with Crippen LogP contribution in [0.25, 0.3) is 0 Å². The van der Waals surface area contributed by atoms with E-state index in [1.807, 2.05) is 13.8 Å². The van der Waals surface area contributed by atoms with Crippen LogP contribution in [0.5, 0.6) is 0 Å². The second-order valence-corrected chi connectivity index (χ2v) is 7.04. The number of benzene rings is 1. The average Bonchev–Trinajstić information content (AvgIpc) is 2.75. The fraction of sp³-hybridized carbons (Fsp3) is 0.571. The van der Waals surface area contributed by atoms with Gasteiger partial charge in [0.15, 0.2) is 5.79 Å². The van der Waals surface area contributed by atoms with Gasteiger partial charge in [-0.25, -0.2) is 4.39 Å². The van der Waals surface area contributed by atoms with Crippen LogP contribution < -0.4 is 0 Å². The van der Waals surface area contributed by atoms with E-state index in [4.69, 9.17) is 9.47 Å². The van der Waals surface area contributed by atoms with Crippen molar-refractivity contribution in [2.75, 3.05) is 13.2 Å². The Balaban J connectivity index is 2.09. The van der Waals surface area contributed by atoms with Crippen molar-refractivity contribution in [2.45, 2.75) is 37.4 Å². The second-order valence-electron chi connectivity index (χ2n) is 6.13. The lowest BCUT2D eigenvalue weighted by molar-refractivity contribution is -0.307. The fourth-order valence-electron chi connectivity index (χ4n) is 2.81. The highest BCUT2D eigenvalue weighted by molar-refractivity contribution is 7.79. The number of hydrogen-bond acceptors (Lipinski definition) is 4. The normalized spacial score (nSPS) is 24.6. The molecule has 1 fully saturated rings. The molecule has 20 heavy (non-hydrogen) atoms. The molecule has 1 heterocycles. The van der Waals surface area contributed by atoms with E-state index in [9.17, 15) is 13.2 Å². The second kappa shape index (κ2) is 4.59. The molecule has 2 aliphatic rings. The van der Waals surface area contributed by atoms with E-state index in [1.54, 1.807) is 0 Å². The van der Waals surface area contributed by atoms with E-state index in [0.717, 1.165) is 0 Å². The molecule has 6 heteroatoms. The number of ether oxygens (including phenoxy) is 2. The van der Waals surface area contributed by atoms with Crippen molar-refractivity contribution in [3.8, 4) is 0 Å². The van der Waals surface area contributed by atoms with Crippen LogP contribution in [0.4, 0.5) is 4.39 Å². The number of halogens is 1. The smallest absolute Gasteiger partial charge is 0.196 e. The van der Waals surface area contributed by atoms with Gasteiger partial charge in [0.05, 0.1) is 13.2 Å². The Kier molecular flexibility index (Phi) is 3.25. The van der Waals surface area contributed by atoms with Gasteiger partial charge in [-0.3, -0.25) is 4.21 Å². The van der Waals surface area contributed by atoms with Gasteiger partial charge in [0.25, 0.3) is 0 Å². The molecular formula is C14H16FO4S-. The summed E-state index contributed by atoms with van der Waals surface area (Å²) in [6.45, 7) is 4.92. The van der Waals surface area contributed by atoms with E-state index in [-0.39, 0.29) is 10.3 Å². The van der Waals surface area contributed by atoms with Crippen molar-refractivity contribution in [3.63, 3.8) is 0 Å². The average molecular weight is 299 g/mol. The standard InChI is InChI=1S/C14H17FO4S/c1-13(2)7-18-14(19-8-13)6-5-9-10(15)3-4-11(12(9)14)20(16)17/h3-4H,5-8H2,1-2H3,(H,16,17)/p-1. The van der Waals surface area contributed by atoms with Crippen molar-refractivity contribution in [3.05, 3.63) is 29.1 Å². The van der Waals surface area contributed by atoms with Crippen molar-refractivity contribution >= 4 is 11.1 Å². The van der Waals surface area contributed by atoms with Crippen LogP contribution >= 0.6 is 0 Å². The van der Waals surface area contributed by atoms with Crippen molar-refractivity contribution < 1.29 is 22.6 Å². The van der Waals surface area contributed by atoms with Gasteiger partial charge in [-0.05, 0) is 35.2 Å². The lowest BCUT2D eigenvalue weighted by Gasteiger charge is -2.42. The maximum Gasteiger partial charge on any atom is 0.196 e. The molecule has 1 aliphatic heterocycles. The highest BCUT2D eigenvalue weighted by Crippen LogP contribution is 2.48. The molecule has 3 rings (SSSR count). The summed E-state index contributed by atoms with van der Waals surface area (Å²) in [5.41, 5.74) is 0.616. The molecule has 1 aromatic rings. The zero-order valence-electron chi connectivity index (χ0n) is 11.4. The molecule has 1 saturated heterocycles. The first kappa shape index (κ1) is 14.1. The molecule has 1 aromatic carbocycles. The third-order valence-corrected chi connectivity index (χ3v) is 4.57. The Morgan fingerprint density at radius 3 is 2.55 bits per heavy atom. The van der Waals surface area contributed by atoms with Gasteiger partial charge in [0.2, 0.25) is 0 Å². The maximum absolute atomic E-state index is 13.9. The van der Waals surface area contributed by atoms with Gasteiger partial charge >= 0.3 is 0 Å². The van der Waals surface area contributed by atoms with Crippen molar-refractivity contribution in [2.24, 2.45) is 5.41 Å². The number of hydrogen-bond donors (Lipinski definition) is 0. The minimum absolute atomic E-state index is 0.0682. The van der Waals surface area contributed by atoms with Crippen LogP contribution in [-0.2, 0) is 32.8 Å². The predicted molar refractivity (Wildman–Crippen MR) is 69.3 cm³/mol. The van der Waals surface area contributed by atoms with E-state index in [1.165, 1.54) is 12.1 Å². The van der Waals surface area contributed by atoms with Crippen LogP contribution in [-0.4, -0.2) is 22.0 Å². The molecule has 1 atom stereocenters. The molecule has 0 amide bonds. The zero-order valence-corrected chi connectivity index (χ0v) is 12.2. The molecular weight excluding hydrogens is 283 g/mol. The Morgan fingerprint density at radius 2 is 1.95 bits per heavy atom. The van der Waals surface area contributed by atoms with E-state index >= 15 is 0 Å². The Bertz CT molecular complexity index is 575. The molecule has 0 aromatic heterocycles. The molecule has 1 unspecified atom stereocenters. The van der Waals surface area contributed by atoms with Gasteiger partial charge in [0.1, 0.15) is 5.82 Å². The van der Waals surface area contributed by atoms with E-state index < -0.39 is 22.7 Å². The topological polar surface area (TPSA) is 58.6 Å². The lowest BCUT2D eigenvalue weighted by atomic mass is 9.93. The summed E-state index contributed by atoms with van der Waals surface area (Å²) >= 11 is -2.44. The quantitative estimate of drug-likeness (QED) is 0.746. The fourth-order valence-corrected chi connectivity index (χ4v) is 3.44. The molecule has 0 saturated carbocycles. The van der Waals surface area contributed by atoms with Crippen LogP contribution in [0.3, 0.4) is 0 Å². The molecule has 0 N–H and O–H groups in total. The highest BCUT2D eigenvalue weighted by Gasteiger charge is 2.48. The molecule has 1 spiro atoms. The number of rotatable bonds is 1. The minimum atomic E-state index is -2.44. The van der Waals surface area contributed by atoms with Gasteiger partial charge in [-0.1, -0.05) is 13.8 Å². The molecule has 1 aliphatic carbocycles. The van der Waals surface area contributed by atoms with Crippen LogP contribution in [0.2, 0.25) is 0 Å². The third-order valence-electron chi connectivity index (χ3n) is 3.87. The van der Waals surface area contributed by atoms with Crippen molar-refractivity contribution in [1.82, 2.24) is 0 Å². The van der Waals surface area contributed by atoms with E-state index in [2.05, 4.69) is 0 Å². The summed E-state index contributed by atoms with van der Waals surface area (Å²) in [6, 6.07) is 2.46. The molecule has 110 valence electrons. The highest BCUT2D eigenvalue weighted by atomic mass is 32.2. The predicted octanol–water partition coefficient (Wildman–Crippen LogP) is 2.24.